The van der Waals surface area contributed by atoms with E-state index in [-0.39, 0.29) is 5.82 Å². The second-order valence-corrected chi connectivity index (χ2v) is 4.53. The van der Waals surface area contributed by atoms with Crippen LogP contribution in [-0.4, -0.2) is 16.5 Å². The van der Waals surface area contributed by atoms with Crippen LogP contribution in [0.4, 0.5) is 10.1 Å². The summed E-state index contributed by atoms with van der Waals surface area (Å²) >= 11 is 4.97. The molecule has 0 atom stereocenters. The minimum absolute atomic E-state index is 0.220. The Bertz CT molecular complexity index is 586. The summed E-state index contributed by atoms with van der Waals surface area (Å²) in [5, 5.41) is 3.21. The molecular formula is C14H14FN3S. The molecule has 0 radical (unpaired) electrons. The number of pyridine rings is 1. The van der Waals surface area contributed by atoms with Crippen LogP contribution in [0.1, 0.15) is 11.1 Å². The van der Waals surface area contributed by atoms with Gasteiger partial charge in [0.2, 0.25) is 0 Å². The van der Waals surface area contributed by atoms with Crippen molar-refractivity contribution in [3.63, 3.8) is 0 Å². The summed E-state index contributed by atoms with van der Waals surface area (Å²) in [6.07, 6.45) is 4.04. The molecule has 0 aliphatic heterocycles. The monoisotopic (exact) mass is 275 g/mol. The number of nitrogens with two attached hydrogens (primary N) is 1. The zero-order chi connectivity index (χ0) is 13.7. The molecule has 5 heteroatoms. The molecule has 0 bridgehead atoms. The molecule has 1 heterocycles. The molecule has 0 saturated carbocycles. The average molecular weight is 275 g/mol. The molecule has 0 spiro atoms. The fourth-order valence-electron chi connectivity index (χ4n) is 1.78. The van der Waals surface area contributed by atoms with E-state index in [1.54, 1.807) is 24.5 Å². The van der Waals surface area contributed by atoms with Gasteiger partial charge < -0.3 is 11.1 Å². The third-order valence-corrected chi connectivity index (χ3v) is 2.92. The van der Waals surface area contributed by atoms with Crippen molar-refractivity contribution in [2.24, 2.45) is 5.73 Å². The molecule has 2 aromatic rings. The average Bonchev–Trinajstić information content (AvgIpc) is 2.39. The summed E-state index contributed by atoms with van der Waals surface area (Å²) in [7, 11) is 0. The van der Waals surface area contributed by atoms with Crippen LogP contribution >= 0.6 is 12.2 Å². The minimum Gasteiger partial charge on any atom is -0.389 e. The van der Waals surface area contributed by atoms with E-state index in [2.05, 4.69) is 10.3 Å². The number of anilines is 1. The fraction of sp³-hybridized carbons (Fsp3) is 0.143. The Morgan fingerprint density at radius 2 is 2.21 bits per heavy atom. The molecule has 0 fully saturated rings. The molecule has 98 valence electrons. The van der Waals surface area contributed by atoms with E-state index in [4.69, 9.17) is 18.0 Å². The second kappa shape index (κ2) is 6.24. The van der Waals surface area contributed by atoms with Gasteiger partial charge in [0.1, 0.15) is 10.8 Å². The van der Waals surface area contributed by atoms with E-state index in [1.165, 1.54) is 12.1 Å². The number of thiocarbonyl (C=S) groups is 1. The Morgan fingerprint density at radius 1 is 1.37 bits per heavy atom. The number of benzene rings is 1. The van der Waals surface area contributed by atoms with Gasteiger partial charge in [-0.1, -0.05) is 24.4 Å². The van der Waals surface area contributed by atoms with Crippen LogP contribution in [0.2, 0.25) is 0 Å². The smallest absolute Gasteiger partial charge is 0.123 e. The van der Waals surface area contributed by atoms with Crippen LogP contribution in [0.15, 0.2) is 42.7 Å². The first-order chi connectivity index (χ1) is 9.16. The maximum atomic E-state index is 13.0. The predicted molar refractivity (Wildman–Crippen MR) is 78.7 cm³/mol. The molecule has 0 unspecified atom stereocenters. The number of rotatable bonds is 5. The van der Waals surface area contributed by atoms with Crippen LogP contribution in [0.5, 0.6) is 0 Å². The lowest BCUT2D eigenvalue weighted by Gasteiger charge is -2.10. The van der Waals surface area contributed by atoms with Gasteiger partial charge in [0.25, 0.3) is 0 Å². The number of nitrogens with one attached hydrogen (secondary N) is 1. The summed E-state index contributed by atoms with van der Waals surface area (Å²) in [6.45, 7) is 0.658. The normalized spacial score (nSPS) is 10.2. The summed E-state index contributed by atoms with van der Waals surface area (Å²) in [6, 6.07) is 8.33. The van der Waals surface area contributed by atoms with Crippen LogP contribution in [0.25, 0.3) is 0 Å². The van der Waals surface area contributed by atoms with Gasteiger partial charge in [0.05, 0.1) is 11.9 Å². The van der Waals surface area contributed by atoms with Crippen molar-refractivity contribution in [1.82, 2.24) is 4.98 Å². The first-order valence-electron chi connectivity index (χ1n) is 5.89. The van der Waals surface area contributed by atoms with Crippen LogP contribution in [-0.2, 0) is 6.42 Å². The fourth-order valence-corrected chi connectivity index (χ4v) is 1.96. The van der Waals surface area contributed by atoms with Crippen molar-refractivity contribution in [1.29, 1.82) is 0 Å². The first kappa shape index (κ1) is 13.4. The van der Waals surface area contributed by atoms with E-state index < -0.39 is 0 Å². The molecule has 3 nitrogen and oxygen atoms in total. The Hall–Kier alpha value is -2.01. The second-order valence-electron chi connectivity index (χ2n) is 4.09. The number of hydrogen-bond acceptors (Lipinski definition) is 3. The van der Waals surface area contributed by atoms with Gasteiger partial charge in [-0.25, -0.2) is 4.39 Å². The van der Waals surface area contributed by atoms with Crippen molar-refractivity contribution >= 4 is 22.9 Å². The van der Waals surface area contributed by atoms with E-state index in [0.717, 1.165) is 16.8 Å². The summed E-state index contributed by atoms with van der Waals surface area (Å²) in [4.78, 5) is 4.36. The van der Waals surface area contributed by atoms with E-state index >= 15 is 0 Å². The van der Waals surface area contributed by atoms with Gasteiger partial charge in [-0.15, -0.1) is 0 Å². The van der Waals surface area contributed by atoms with Gasteiger partial charge in [-0.3, -0.25) is 4.98 Å². The number of halogens is 1. The maximum absolute atomic E-state index is 13.0. The maximum Gasteiger partial charge on any atom is 0.123 e. The van der Waals surface area contributed by atoms with Gasteiger partial charge in [-0.05, 0) is 30.2 Å². The molecule has 2 rings (SSSR count). The molecule has 0 aliphatic carbocycles. The topological polar surface area (TPSA) is 50.9 Å². The third kappa shape index (κ3) is 3.72. The van der Waals surface area contributed by atoms with Gasteiger partial charge in [0, 0.05) is 18.3 Å². The Labute approximate surface area is 116 Å². The van der Waals surface area contributed by atoms with Crippen molar-refractivity contribution in [3.05, 3.63) is 59.7 Å². The van der Waals surface area contributed by atoms with E-state index in [9.17, 15) is 4.39 Å². The van der Waals surface area contributed by atoms with Gasteiger partial charge in [0.15, 0.2) is 0 Å². The number of aromatic nitrogens is 1. The SMILES string of the molecule is NC(=S)c1ccncc1NCCc1cccc(F)c1. The highest BCUT2D eigenvalue weighted by Gasteiger charge is 2.04. The minimum atomic E-state index is -0.220. The zero-order valence-corrected chi connectivity index (χ0v) is 11.1. The highest BCUT2D eigenvalue weighted by molar-refractivity contribution is 7.80. The third-order valence-electron chi connectivity index (χ3n) is 2.70. The lowest BCUT2D eigenvalue weighted by atomic mass is 10.1. The molecule has 0 saturated heterocycles. The Morgan fingerprint density at radius 3 is 2.95 bits per heavy atom. The van der Waals surface area contributed by atoms with Crippen LogP contribution in [0.3, 0.4) is 0 Å². The number of hydrogen-bond donors (Lipinski definition) is 2. The lowest BCUT2D eigenvalue weighted by Crippen LogP contribution is -2.14. The van der Waals surface area contributed by atoms with Crippen molar-refractivity contribution in [3.8, 4) is 0 Å². The molecule has 3 N–H and O–H groups in total. The zero-order valence-electron chi connectivity index (χ0n) is 10.3. The van der Waals surface area contributed by atoms with Crippen molar-refractivity contribution < 1.29 is 4.39 Å². The molecular weight excluding hydrogens is 261 g/mol. The van der Waals surface area contributed by atoms with Crippen LogP contribution in [0, 0.1) is 5.82 Å². The highest BCUT2D eigenvalue weighted by atomic mass is 32.1. The quantitative estimate of drug-likeness (QED) is 0.823. The largest absolute Gasteiger partial charge is 0.389 e. The van der Waals surface area contributed by atoms with E-state index in [0.29, 0.717) is 18.0 Å². The molecule has 19 heavy (non-hydrogen) atoms. The summed E-state index contributed by atoms with van der Waals surface area (Å²) in [5.74, 6) is -0.220. The summed E-state index contributed by atoms with van der Waals surface area (Å²) in [5.41, 5.74) is 8.13. The Kier molecular flexibility index (Phi) is 4.41. The highest BCUT2D eigenvalue weighted by Crippen LogP contribution is 2.13. The standard InChI is InChI=1S/C14H14FN3S/c15-11-3-1-2-10(8-11)4-7-18-13-9-17-6-5-12(13)14(16)19/h1-3,5-6,8-9,18H,4,7H2,(H2,16,19). The van der Waals surface area contributed by atoms with Crippen molar-refractivity contribution in [2.75, 3.05) is 11.9 Å². The van der Waals surface area contributed by atoms with Gasteiger partial charge in [-0.2, -0.15) is 0 Å². The van der Waals surface area contributed by atoms with Gasteiger partial charge >= 0.3 is 0 Å². The predicted octanol–water partition coefficient (Wildman–Crippen LogP) is 2.51. The molecule has 0 amide bonds. The van der Waals surface area contributed by atoms with Crippen LogP contribution < -0.4 is 11.1 Å². The van der Waals surface area contributed by atoms with Crippen molar-refractivity contribution in [2.45, 2.75) is 6.42 Å². The molecule has 0 aliphatic rings. The summed E-state index contributed by atoms with van der Waals surface area (Å²) < 4.78 is 13.0. The molecule has 1 aromatic heterocycles. The van der Waals surface area contributed by atoms with E-state index in [1.807, 2.05) is 6.07 Å². The molecule has 1 aromatic carbocycles. The Balaban J connectivity index is 1.98. The lowest BCUT2D eigenvalue weighted by molar-refractivity contribution is 0.625. The first-order valence-corrected chi connectivity index (χ1v) is 6.30. The number of nitrogens with zero attached hydrogens (tertiary/aromatic N) is 1.